The molecule has 0 saturated carbocycles. The van der Waals surface area contributed by atoms with Gasteiger partial charge in [-0.2, -0.15) is 5.10 Å². The van der Waals surface area contributed by atoms with Gasteiger partial charge in [-0.05, 0) is 34.0 Å². The highest BCUT2D eigenvalue weighted by molar-refractivity contribution is 5.85. The first kappa shape index (κ1) is 16.0. The van der Waals surface area contributed by atoms with Gasteiger partial charge in [-0.25, -0.2) is 9.67 Å². The topological polar surface area (TPSA) is 59.8 Å². The standard InChI is InChI=1S/C21H18N4O/c26-21(13-16-6-8-18-4-1-2-5-19(18)12-16)23-15-17-7-9-20(22-14-17)25-11-3-10-24-25/h1-12,14H,13,15H2,(H,23,26). The molecule has 0 unspecified atom stereocenters. The molecule has 0 saturated heterocycles. The number of pyridine rings is 1. The van der Waals surface area contributed by atoms with Crippen molar-refractivity contribution < 1.29 is 4.79 Å². The Morgan fingerprint density at radius 1 is 0.962 bits per heavy atom. The second-order valence-corrected chi connectivity index (χ2v) is 6.11. The van der Waals surface area contributed by atoms with Crippen LogP contribution in [-0.4, -0.2) is 20.7 Å². The van der Waals surface area contributed by atoms with E-state index in [2.05, 4.69) is 39.7 Å². The van der Waals surface area contributed by atoms with Crippen LogP contribution in [0.25, 0.3) is 16.6 Å². The molecule has 0 aliphatic carbocycles. The van der Waals surface area contributed by atoms with E-state index in [0.29, 0.717) is 13.0 Å². The van der Waals surface area contributed by atoms with E-state index < -0.39 is 0 Å². The molecule has 1 amide bonds. The van der Waals surface area contributed by atoms with Crippen molar-refractivity contribution in [2.45, 2.75) is 13.0 Å². The molecule has 5 heteroatoms. The van der Waals surface area contributed by atoms with Crippen LogP contribution in [0.15, 0.2) is 79.3 Å². The Morgan fingerprint density at radius 2 is 1.81 bits per heavy atom. The minimum atomic E-state index is -0.00330. The lowest BCUT2D eigenvalue weighted by Crippen LogP contribution is -2.24. The number of rotatable bonds is 5. The number of amides is 1. The van der Waals surface area contributed by atoms with Gasteiger partial charge in [-0.1, -0.05) is 48.5 Å². The smallest absolute Gasteiger partial charge is 0.224 e. The zero-order chi connectivity index (χ0) is 17.8. The van der Waals surface area contributed by atoms with Crippen LogP contribution in [0.2, 0.25) is 0 Å². The molecular formula is C21H18N4O. The second kappa shape index (κ2) is 7.19. The zero-order valence-electron chi connectivity index (χ0n) is 14.2. The molecule has 26 heavy (non-hydrogen) atoms. The summed E-state index contributed by atoms with van der Waals surface area (Å²) < 4.78 is 1.70. The fourth-order valence-corrected chi connectivity index (χ4v) is 2.86. The van der Waals surface area contributed by atoms with E-state index in [1.165, 1.54) is 5.39 Å². The van der Waals surface area contributed by atoms with Gasteiger partial charge >= 0.3 is 0 Å². The minimum Gasteiger partial charge on any atom is -0.352 e. The van der Waals surface area contributed by atoms with Crippen LogP contribution < -0.4 is 5.32 Å². The van der Waals surface area contributed by atoms with Gasteiger partial charge in [0, 0.05) is 25.1 Å². The molecule has 2 aromatic heterocycles. The summed E-state index contributed by atoms with van der Waals surface area (Å²) in [5.74, 6) is 0.748. The van der Waals surface area contributed by atoms with Gasteiger partial charge in [0.05, 0.1) is 6.42 Å². The molecular weight excluding hydrogens is 324 g/mol. The number of hydrogen-bond donors (Lipinski definition) is 1. The fraction of sp³-hybridized carbons (Fsp3) is 0.0952. The summed E-state index contributed by atoms with van der Waals surface area (Å²) in [6, 6.07) is 19.9. The number of hydrogen-bond acceptors (Lipinski definition) is 3. The van der Waals surface area contributed by atoms with Crippen molar-refractivity contribution >= 4 is 16.7 Å². The summed E-state index contributed by atoms with van der Waals surface area (Å²) in [7, 11) is 0. The molecule has 0 aliphatic heterocycles. The van der Waals surface area contributed by atoms with E-state index in [9.17, 15) is 4.79 Å². The summed E-state index contributed by atoms with van der Waals surface area (Å²) in [6.45, 7) is 0.457. The Kier molecular flexibility index (Phi) is 4.43. The predicted octanol–water partition coefficient (Wildman–Crippen LogP) is 3.28. The van der Waals surface area contributed by atoms with E-state index in [1.54, 1.807) is 17.1 Å². The summed E-state index contributed by atoms with van der Waals surface area (Å²) in [5.41, 5.74) is 1.96. The largest absolute Gasteiger partial charge is 0.352 e. The van der Waals surface area contributed by atoms with Gasteiger partial charge < -0.3 is 5.32 Å². The summed E-state index contributed by atoms with van der Waals surface area (Å²) in [6.07, 6.45) is 5.67. The lowest BCUT2D eigenvalue weighted by molar-refractivity contribution is -0.120. The third-order valence-corrected chi connectivity index (χ3v) is 4.22. The number of carbonyl (C=O) groups excluding carboxylic acids is 1. The first-order valence-corrected chi connectivity index (χ1v) is 8.47. The monoisotopic (exact) mass is 342 g/mol. The molecule has 4 aromatic rings. The highest BCUT2D eigenvalue weighted by atomic mass is 16.1. The Hall–Kier alpha value is -3.47. The van der Waals surface area contributed by atoms with E-state index in [0.717, 1.165) is 22.3 Å². The van der Waals surface area contributed by atoms with Crippen molar-refractivity contribution in [2.75, 3.05) is 0 Å². The van der Waals surface area contributed by atoms with Gasteiger partial charge in [0.15, 0.2) is 5.82 Å². The van der Waals surface area contributed by atoms with Gasteiger partial charge in [0.1, 0.15) is 0 Å². The van der Waals surface area contributed by atoms with E-state index in [-0.39, 0.29) is 5.91 Å². The van der Waals surface area contributed by atoms with E-state index in [1.807, 2.05) is 42.6 Å². The molecule has 1 N–H and O–H groups in total. The van der Waals surface area contributed by atoms with Crippen LogP contribution in [0.4, 0.5) is 0 Å². The maximum absolute atomic E-state index is 12.2. The van der Waals surface area contributed by atoms with Crippen molar-refractivity contribution in [1.29, 1.82) is 0 Å². The third kappa shape index (κ3) is 3.62. The van der Waals surface area contributed by atoms with Crippen molar-refractivity contribution in [1.82, 2.24) is 20.1 Å². The molecule has 0 radical (unpaired) electrons. The summed E-state index contributed by atoms with van der Waals surface area (Å²) in [5, 5.41) is 9.42. The third-order valence-electron chi connectivity index (χ3n) is 4.22. The molecule has 0 fully saturated rings. The lowest BCUT2D eigenvalue weighted by Gasteiger charge is -2.07. The van der Waals surface area contributed by atoms with E-state index in [4.69, 9.17) is 0 Å². The van der Waals surface area contributed by atoms with Crippen molar-refractivity contribution in [3.63, 3.8) is 0 Å². The predicted molar refractivity (Wildman–Crippen MR) is 101 cm³/mol. The normalized spacial score (nSPS) is 10.8. The summed E-state index contributed by atoms with van der Waals surface area (Å²) >= 11 is 0. The lowest BCUT2D eigenvalue weighted by atomic mass is 10.0. The van der Waals surface area contributed by atoms with Gasteiger partial charge in [0.2, 0.25) is 5.91 Å². The van der Waals surface area contributed by atoms with E-state index >= 15 is 0 Å². The molecule has 5 nitrogen and oxygen atoms in total. The van der Waals surface area contributed by atoms with Crippen LogP contribution in [-0.2, 0) is 17.8 Å². The average molecular weight is 342 g/mol. The Labute approximate surface area is 151 Å². The number of nitrogens with zero attached hydrogens (tertiary/aromatic N) is 3. The van der Waals surface area contributed by atoms with Gasteiger partial charge in [0.25, 0.3) is 0 Å². The Morgan fingerprint density at radius 3 is 2.58 bits per heavy atom. The van der Waals surface area contributed by atoms with Crippen molar-refractivity contribution in [2.24, 2.45) is 0 Å². The number of aromatic nitrogens is 3. The maximum atomic E-state index is 12.2. The number of carbonyl (C=O) groups is 1. The molecule has 2 heterocycles. The maximum Gasteiger partial charge on any atom is 0.224 e. The van der Waals surface area contributed by atoms with Crippen LogP contribution in [0.3, 0.4) is 0 Å². The SMILES string of the molecule is O=C(Cc1ccc2ccccc2c1)NCc1ccc(-n2cccn2)nc1. The molecule has 0 bridgehead atoms. The average Bonchev–Trinajstić information content (AvgIpc) is 3.21. The number of fused-ring (bicyclic) bond motifs is 1. The van der Waals surface area contributed by atoms with Crippen LogP contribution in [0, 0.1) is 0 Å². The highest BCUT2D eigenvalue weighted by Crippen LogP contribution is 2.16. The molecule has 2 aromatic carbocycles. The van der Waals surface area contributed by atoms with Crippen LogP contribution in [0.1, 0.15) is 11.1 Å². The van der Waals surface area contributed by atoms with Crippen LogP contribution in [0.5, 0.6) is 0 Å². The Bertz CT molecular complexity index is 1020. The molecule has 0 spiro atoms. The van der Waals surface area contributed by atoms with Gasteiger partial charge in [-0.3, -0.25) is 4.79 Å². The van der Waals surface area contributed by atoms with Gasteiger partial charge in [-0.15, -0.1) is 0 Å². The first-order valence-electron chi connectivity index (χ1n) is 8.47. The quantitative estimate of drug-likeness (QED) is 0.605. The number of benzene rings is 2. The number of nitrogens with one attached hydrogen (secondary N) is 1. The molecule has 4 rings (SSSR count). The van der Waals surface area contributed by atoms with Crippen molar-refractivity contribution in [3.8, 4) is 5.82 Å². The van der Waals surface area contributed by atoms with Crippen LogP contribution >= 0.6 is 0 Å². The highest BCUT2D eigenvalue weighted by Gasteiger charge is 2.05. The fourth-order valence-electron chi connectivity index (χ4n) is 2.86. The molecule has 128 valence electrons. The second-order valence-electron chi connectivity index (χ2n) is 6.11. The first-order chi connectivity index (χ1) is 12.8. The van der Waals surface area contributed by atoms with Crippen molar-refractivity contribution in [3.05, 3.63) is 90.4 Å². The zero-order valence-corrected chi connectivity index (χ0v) is 14.2. The Balaban J connectivity index is 1.35. The summed E-state index contributed by atoms with van der Waals surface area (Å²) in [4.78, 5) is 16.6. The molecule has 0 aliphatic rings. The minimum absolute atomic E-state index is 0.00330. The molecule has 0 atom stereocenters.